The molecule has 4 heteroatoms. The van der Waals surface area contributed by atoms with Crippen LogP contribution in [0.1, 0.15) is 120 Å². The lowest BCUT2D eigenvalue weighted by Crippen LogP contribution is -2.55. The summed E-state index contributed by atoms with van der Waals surface area (Å²) in [6, 6.07) is 17.2. The van der Waals surface area contributed by atoms with Crippen LogP contribution in [-0.2, 0) is 9.53 Å². The minimum atomic E-state index is -0.184. The van der Waals surface area contributed by atoms with E-state index in [1.165, 1.54) is 73.6 Å². The van der Waals surface area contributed by atoms with Crippen LogP contribution in [0.3, 0.4) is 0 Å². The molecular weight excluding hydrogens is 482 g/mol. The zero-order valence-electron chi connectivity index (χ0n) is 23.9. The number of hydrogen-bond donors (Lipinski definition) is 0. The van der Waals surface area contributed by atoms with Gasteiger partial charge in [0.25, 0.3) is 0 Å². The zero-order valence-corrected chi connectivity index (χ0v) is 23.9. The molecule has 39 heavy (non-hydrogen) atoms. The van der Waals surface area contributed by atoms with Crippen LogP contribution < -0.4 is 0 Å². The van der Waals surface area contributed by atoms with Crippen molar-refractivity contribution >= 4 is 11.9 Å². The third-order valence-electron chi connectivity index (χ3n) is 9.50. The summed E-state index contributed by atoms with van der Waals surface area (Å²) in [7, 11) is 0. The van der Waals surface area contributed by atoms with Crippen LogP contribution in [0.2, 0.25) is 0 Å². The Kier molecular flexibility index (Phi) is 9.76. The summed E-state index contributed by atoms with van der Waals surface area (Å²) in [5.74, 6) is 0.630. The third-order valence-corrected chi connectivity index (χ3v) is 9.50. The van der Waals surface area contributed by atoms with Crippen molar-refractivity contribution in [3.63, 3.8) is 0 Å². The van der Waals surface area contributed by atoms with Gasteiger partial charge in [0.15, 0.2) is 0 Å². The number of carbonyl (C=O) groups excluding carboxylic acids is 2. The predicted molar refractivity (Wildman–Crippen MR) is 158 cm³/mol. The second kappa shape index (κ2) is 13.6. The Bertz CT molecular complexity index is 1050. The summed E-state index contributed by atoms with van der Waals surface area (Å²) in [5, 5.41) is 0. The van der Waals surface area contributed by atoms with Crippen molar-refractivity contribution in [1.82, 2.24) is 4.90 Å². The maximum absolute atomic E-state index is 13.4. The molecule has 2 aromatic carbocycles. The van der Waals surface area contributed by atoms with Gasteiger partial charge in [0.1, 0.15) is 12.4 Å². The van der Waals surface area contributed by atoms with E-state index in [2.05, 4.69) is 55.5 Å². The van der Waals surface area contributed by atoms with Crippen LogP contribution in [0, 0.1) is 5.92 Å². The van der Waals surface area contributed by atoms with Gasteiger partial charge in [0.2, 0.25) is 0 Å². The molecular formula is C35H47NO3. The molecule has 210 valence electrons. The van der Waals surface area contributed by atoms with Gasteiger partial charge in [0, 0.05) is 30.3 Å². The van der Waals surface area contributed by atoms with Crippen molar-refractivity contribution in [3.8, 4) is 11.1 Å². The van der Waals surface area contributed by atoms with Crippen LogP contribution in [0.5, 0.6) is 0 Å². The highest BCUT2D eigenvalue weighted by molar-refractivity contribution is 5.82. The molecule has 1 aliphatic carbocycles. The van der Waals surface area contributed by atoms with E-state index in [0.29, 0.717) is 18.8 Å². The van der Waals surface area contributed by atoms with Crippen molar-refractivity contribution in [2.24, 2.45) is 5.92 Å². The van der Waals surface area contributed by atoms with E-state index in [1.807, 2.05) is 4.90 Å². The molecule has 3 aliphatic rings. The highest BCUT2D eigenvalue weighted by atomic mass is 16.6. The number of carbonyl (C=O) groups is 2. The Labute approximate surface area is 235 Å². The minimum absolute atomic E-state index is 0.0802. The topological polar surface area (TPSA) is 46.6 Å². The molecule has 0 aromatic heterocycles. The van der Waals surface area contributed by atoms with Crippen LogP contribution in [0.4, 0.5) is 4.79 Å². The second-order valence-electron chi connectivity index (χ2n) is 12.2. The Hall–Kier alpha value is -2.62. The first-order valence-corrected chi connectivity index (χ1v) is 15.8. The number of ether oxygens (including phenoxy) is 1. The van der Waals surface area contributed by atoms with Crippen LogP contribution in [0.25, 0.3) is 11.1 Å². The van der Waals surface area contributed by atoms with Gasteiger partial charge < -0.3 is 9.64 Å². The van der Waals surface area contributed by atoms with E-state index in [0.717, 1.165) is 38.5 Å². The molecule has 2 heterocycles. The van der Waals surface area contributed by atoms with Crippen molar-refractivity contribution in [3.05, 3.63) is 59.7 Å². The number of benzene rings is 2. The summed E-state index contributed by atoms with van der Waals surface area (Å²) in [6.07, 6.45) is 16.8. The normalized spacial score (nSPS) is 21.9. The Morgan fingerprint density at radius 1 is 0.769 bits per heavy atom. The van der Waals surface area contributed by atoms with E-state index < -0.39 is 0 Å². The maximum atomic E-state index is 13.4. The Morgan fingerprint density at radius 2 is 1.31 bits per heavy atom. The van der Waals surface area contributed by atoms with Gasteiger partial charge in [-0.3, -0.25) is 4.79 Å². The zero-order chi connectivity index (χ0) is 27.0. The van der Waals surface area contributed by atoms with Gasteiger partial charge in [-0.1, -0.05) is 107 Å². The first kappa shape index (κ1) is 27.9. The average Bonchev–Trinajstić information content (AvgIpc) is 3.28. The molecule has 1 amide bonds. The Morgan fingerprint density at radius 3 is 1.90 bits per heavy atom. The summed E-state index contributed by atoms with van der Waals surface area (Å²) in [5.41, 5.74) is 4.98. The lowest BCUT2D eigenvalue weighted by Gasteiger charge is -2.47. The molecule has 2 bridgehead atoms. The number of rotatable bonds is 13. The highest BCUT2D eigenvalue weighted by Crippen LogP contribution is 2.45. The van der Waals surface area contributed by atoms with Gasteiger partial charge in [-0.05, 0) is 60.8 Å². The summed E-state index contributed by atoms with van der Waals surface area (Å²) in [6.45, 7) is 2.62. The fraction of sp³-hybridized carbons (Fsp3) is 0.600. The van der Waals surface area contributed by atoms with E-state index >= 15 is 0 Å². The van der Waals surface area contributed by atoms with Crippen molar-refractivity contribution in [2.45, 2.75) is 121 Å². The minimum Gasteiger partial charge on any atom is -0.448 e. The molecule has 2 atom stereocenters. The highest BCUT2D eigenvalue weighted by Gasteiger charge is 2.43. The van der Waals surface area contributed by atoms with Crippen molar-refractivity contribution < 1.29 is 14.3 Å². The molecule has 2 unspecified atom stereocenters. The molecule has 2 aliphatic heterocycles. The van der Waals surface area contributed by atoms with Crippen molar-refractivity contribution in [2.75, 3.05) is 6.61 Å². The number of ketones is 1. The lowest BCUT2D eigenvalue weighted by atomic mass is 9.76. The standard InChI is InChI=1S/C35H47NO3/c1-2-3-4-5-6-7-8-9-10-22-34(37)26-23-27-16-15-17-28(24-26)36(27)35(38)39-25-33-31-20-13-11-18-29(31)30-19-12-14-21-32(30)33/h11-14,18-21,26-28,33H,2-10,15-17,22-25H2,1H3. The maximum Gasteiger partial charge on any atom is 0.410 e. The summed E-state index contributed by atoms with van der Waals surface area (Å²) < 4.78 is 6.05. The van der Waals surface area contributed by atoms with Crippen molar-refractivity contribution in [1.29, 1.82) is 0 Å². The van der Waals surface area contributed by atoms with E-state index in [4.69, 9.17) is 4.74 Å². The molecule has 2 saturated heterocycles. The molecule has 0 N–H and O–H groups in total. The molecule has 0 saturated carbocycles. The Balaban J connectivity index is 1.10. The number of fused-ring (bicyclic) bond motifs is 5. The fourth-order valence-electron chi connectivity index (χ4n) is 7.42. The van der Waals surface area contributed by atoms with Gasteiger partial charge in [0.05, 0.1) is 0 Å². The molecule has 0 radical (unpaired) electrons. The van der Waals surface area contributed by atoms with Gasteiger partial charge in [-0.15, -0.1) is 0 Å². The second-order valence-corrected chi connectivity index (χ2v) is 12.2. The van der Waals surface area contributed by atoms with Gasteiger partial charge in [-0.25, -0.2) is 4.79 Å². The molecule has 0 spiro atoms. The molecule has 5 rings (SSSR count). The van der Waals surface area contributed by atoms with Crippen LogP contribution in [-0.4, -0.2) is 35.5 Å². The molecule has 2 fully saturated rings. The number of piperidine rings is 2. The predicted octanol–water partition coefficient (Wildman–Crippen LogP) is 9.06. The first-order valence-electron chi connectivity index (χ1n) is 15.8. The molecule has 2 aromatic rings. The SMILES string of the molecule is CCCCCCCCCCCC(=O)C1CC2CCCC(C1)N2C(=O)OCC1c2ccccc2-c2ccccc21. The number of Topliss-reactive ketones (excluding diaryl/α,β-unsaturated/α-hetero) is 1. The quantitative estimate of drug-likeness (QED) is 0.243. The van der Waals surface area contributed by atoms with E-state index in [9.17, 15) is 9.59 Å². The number of hydrogen-bond acceptors (Lipinski definition) is 3. The van der Waals surface area contributed by atoms with Crippen LogP contribution >= 0.6 is 0 Å². The summed E-state index contributed by atoms with van der Waals surface area (Å²) >= 11 is 0. The third kappa shape index (κ3) is 6.58. The first-order chi connectivity index (χ1) is 19.2. The monoisotopic (exact) mass is 529 g/mol. The van der Waals surface area contributed by atoms with Gasteiger partial charge >= 0.3 is 6.09 Å². The summed E-state index contributed by atoms with van der Waals surface area (Å²) in [4.78, 5) is 28.6. The van der Waals surface area contributed by atoms with Crippen LogP contribution in [0.15, 0.2) is 48.5 Å². The number of amides is 1. The average molecular weight is 530 g/mol. The number of nitrogens with zero attached hydrogens (tertiary/aromatic N) is 1. The number of unbranched alkanes of at least 4 members (excludes halogenated alkanes) is 8. The molecule has 4 nitrogen and oxygen atoms in total. The van der Waals surface area contributed by atoms with Gasteiger partial charge in [-0.2, -0.15) is 0 Å². The lowest BCUT2D eigenvalue weighted by molar-refractivity contribution is -0.126. The van der Waals surface area contributed by atoms with E-state index in [-0.39, 0.29) is 30.0 Å². The largest absolute Gasteiger partial charge is 0.448 e. The smallest absolute Gasteiger partial charge is 0.410 e. The fourth-order valence-corrected chi connectivity index (χ4v) is 7.42. The van der Waals surface area contributed by atoms with E-state index in [1.54, 1.807) is 0 Å².